The van der Waals surface area contributed by atoms with Crippen LogP contribution in [0.1, 0.15) is 23.8 Å². The fourth-order valence-electron chi connectivity index (χ4n) is 3.14. The van der Waals surface area contributed by atoms with Crippen LogP contribution in [0.25, 0.3) is 0 Å². The molecule has 3 heterocycles. The zero-order valence-corrected chi connectivity index (χ0v) is 11.2. The fourth-order valence-corrected chi connectivity index (χ4v) is 3.14. The Morgan fingerprint density at radius 3 is 3.32 bits per heavy atom. The molecule has 2 aliphatic heterocycles. The van der Waals surface area contributed by atoms with E-state index in [-0.39, 0.29) is 5.91 Å². The number of aromatic nitrogens is 1. The highest BCUT2D eigenvalue weighted by atomic mass is 16.1. The number of carbonyl (C=O) groups excluding carboxylic acids is 1. The number of amides is 1. The van der Waals surface area contributed by atoms with Crippen molar-refractivity contribution in [3.63, 3.8) is 0 Å². The zero-order chi connectivity index (χ0) is 13.2. The van der Waals surface area contributed by atoms with Crippen molar-refractivity contribution < 1.29 is 4.79 Å². The van der Waals surface area contributed by atoms with Gasteiger partial charge < -0.3 is 15.5 Å². The zero-order valence-electron chi connectivity index (χ0n) is 11.2. The van der Waals surface area contributed by atoms with Gasteiger partial charge in [0.1, 0.15) is 5.69 Å². The SMILES string of the molecule is CCNC(=O)c1cc(N2CC[C@H]3CNC[C@H]32)ccn1. The van der Waals surface area contributed by atoms with E-state index in [2.05, 4.69) is 20.5 Å². The van der Waals surface area contributed by atoms with Gasteiger partial charge in [0, 0.05) is 44.1 Å². The molecule has 0 aromatic carbocycles. The van der Waals surface area contributed by atoms with Crippen LogP contribution in [0.4, 0.5) is 5.69 Å². The number of carbonyl (C=O) groups is 1. The maximum atomic E-state index is 11.8. The molecule has 0 unspecified atom stereocenters. The van der Waals surface area contributed by atoms with Gasteiger partial charge in [0.05, 0.1) is 0 Å². The molecule has 1 aromatic heterocycles. The molecule has 0 bridgehead atoms. The van der Waals surface area contributed by atoms with Gasteiger partial charge in [-0.15, -0.1) is 0 Å². The van der Waals surface area contributed by atoms with Crippen molar-refractivity contribution in [1.82, 2.24) is 15.6 Å². The Labute approximate surface area is 113 Å². The predicted octanol–water partition coefficient (Wildman–Crippen LogP) is 0.629. The van der Waals surface area contributed by atoms with E-state index in [0.717, 1.165) is 31.2 Å². The van der Waals surface area contributed by atoms with Crippen LogP contribution >= 0.6 is 0 Å². The molecule has 2 aliphatic rings. The van der Waals surface area contributed by atoms with Crippen LogP contribution in [0, 0.1) is 5.92 Å². The highest BCUT2D eigenvalue weighted by molar-refractivity contribution is 5.93. The summed E-state index contributed by atoms with van der Waals surface area (Å²) in [6, 6.07) is 4.49. The van der Waals surface area contributed by atoms with Gasteiger partial charge >= 0.3 is 0 Å². The second-order valence-electron chi connectivity index (χ2n) is 5.23. The van der Waals surface area contributed by atoms with Crippen molar-refractivity contribution in [3.8, 4) is 0 Å². The number of fused-ring (bicyclic) bond motifs is 1. The number of hydrogen-bond donors (Lipinski definition) is 2. The highest BCUT2D eigenvalue weighted by Gasteiger charge is 2.37. The van der Waals surface area contributed by atoms with Gasteiger partial charge in [0.2, 0.25) is 0 Å². The van der Waals surface area contributed by atoms with Crippen molar-refractivity contribution in [1.29, 1.82) is 0 Å². The average Bonchev–Trinajstić information content (AvgIpc) is 3.01. The lowest BCUT2D eigenvalue weighted by Gasteiger charge is -2.25. The summed E-state index contributed by atoms with van der Waals surface area (Å²) in [7, 11) is 0. The summed E-state index contributed by atoms with van der Waals surface area (Å²) in [5.41, 5.74) is 1.63. The molecule has 0 aliphatic carbocycles. The van der Waals surface area contributed by atoms with Crippen molar-refractivity contribution in [2.75, 3.05) is 31.1 Å². The van der Waals surface area contributed by atoms with Crippen LogP contribution in [0.3, 0.4) is 0 Å². The third-order valence-electron chi connectivity index (χ3n) is 4.09. The van der Waals surface area contributed by atoms with Crippen LogP contribution in [0.2, 0.25) is 0 Å². The minimum Gasteiger partial charge on any atom is -0.367 e. The minimum absolute atomic E-state index is 0.0929. The summed E-state index contributed by atoms with van der Waals surface area (Å²) >= 11 is 0. The first-order chi connectivity index (χ1) is 9.29. The number of anilines is 1. The molecule has 3 rings (SSSR count). The van der Waals surface area contributed by atoms with E-state index < -0.39 is 0 Å². The second kappa shape index (κ2) is 5.17. The Bertz CT molecular complexity index is 476. The van der Waals surface area contributed by atoms with Crippen molar-refractivity contribution in [2.45, 2.75) is 19.4 Å². The van der Waals surface area contributed by atoms with Crippen LogP contribution in [-0.4, -0.2) is 43.1 Å². The van der Waals surface area contributed by atoms with Crippen LogP contribution in [0.15, 0.2) is 18.3 Å². The minimum atomic E-state index is -0.0929. The third-order valence-corrected chi connectivity index (χ3v) is 4.09. The first-order valence-electron chi connectivity index (χ1n) is 7.01. The summed E-state index contributed by atoms with van der Waals surface area (Å²) in [6.07, 6.45) is 2.96. The molecule has 5 heteroatoms. The van der Waals surface area contributed by atoms with Crippen LogP contribution in [0.5, 0.6) is 0 Å². The van der Waals surface area contributed by atoms with E-state index in [4.69, 9.17) is 0 Å². The Balaban J connectivity index is 1.81. The van der Waals surface area contributed by atoms with Gasteiger partial charge in [0.25, 0.3) is 5.91 Å². The molecule has 2 fully saturated rings. The standard InChI is InChI=1S/C14H20N4O/c1-2-16-14(19)12-7-11(3-5-17-12)18-6-4-10-8-15-9-13(10)18/h3,5,7,10,13,15H,2,4,6,8-9H2,1H3,(H,16,19)/t10-,13+/m0/s1. The first kappa shape index (κ1) is 12.4. The summed E-state index contributed by atoms with van der Waals surface area (Å²) < 4.78 is 0. The molecule has 5 nitrogen and oxygen atoms in total. The summed E-state index contributed by atoms with van der Waals surface area (Å²) in [4.78, 5) is 18.4. The molecule has 2 saturated heterocycles. The van der Waals surface area contributed by atoms with E-state index >= 15 is 0 Å². The Morgan fingerprint density at radius 2 is 2.47 bits per heavy atom. The van der Waals surface area contributed by atoms with Crippen molar-refractivity contribution in [3.05, 3.63) is 24.0 Å². The van der Waals surface area contributed by atoms with Crippen molar-refractivity contribution in [2.24, 2.45) is 5.92 Å². The first-order valence-corrected chi connectivity index (χ1v) is 7.01. The summed E-state index contributed by atoms with van der Waals surface area (Å²) in [6.45, 7) is 5.79. The molecule has 1 aromatic rings. The Morgan fingerprint density at radius 1 is 1.58 bits per heavy atom. The normalized spacial score (nSPS) is 25.4. The fraction of sp³-hybridized carbons (Fsp3) is 0.571. The smallest absolute Gasteiger partial charge is 0.269 e. The number of hydrogen-bond acceptors (Lipinski definition) is 4. The molecule has 2 atom stereocenters. The molecular formula is C14H20N4O. The lowest BCUT2D eigenvalue weighted by molar-refractivity contribution is 0.0951. The summed E-state index contributed by atoms with van der Waals surface area (Å²) in [5, 5.41) is 6.24. The number of pyridine rings is 1. The van der Waals surface area contributed by atoms with Gasteiger partial charge in [-0.25, -0.2) is 0 Å². The van der Waals surface area contributed by atoms with E-state index in [1.165, 1.54) is 6.42 Å². The van der Waals surface area contributed by atoms with Gasteiger partial charge in [0.15, 0.2) is 0 Å². The largest absolute Gasteiger partial charge is 0.367 e. The maximum Gasteiger partial charge on any atom is 0.269 e. The monoisotopic (exact) mass is 260 g/mol. The third kappa shape index (κ3) is 2.30. The number of nitrogens with zero attached hydrogens (tertiary/aromatic N) is 2. The van der Waals surface area contributed by atoms with E-state index in [1.807, 2.05) is 19.1 Å². The number of nitrogens with one attached hydrogen (secondary N) is 2. The maximum absolute atomic E-state index is 11.8. The number of rotatable bonds is 3. The van der Waals surface area contributed by atoms with E-state index in [9.17, 15) is 4.79 Å². The molecule has 0 spiro atoms. The second-order valence-corrected chi connectivity index (χ2v) is 5.23. The molecule has 102 valence electrons. The van der Waals surface area contributed by atoms with Gasteiger partial charge in [-0.2, -0.15) is 0 Å². The predicted molar refractivity (Wildman–Crippen MR) is 74.4 cm³/mol. The molecule has 0 saturated carbocycles. The Kier molecular flexibility index (Phi) is 3.38. The Hall–Kier alpha value is -1.62. The molecule has 2 N–H and O–H groups in total. The molecule has 19 heavy (non-hydrogen) atoms. The lowest BCUT2D eigenvalue weighted by Crippen LogP contribution is -2.34. The van der Waals surface area contributed by atoms with Crippen molar-refractivity contribution >= 4 is 11.6 Å². The van der Waals surface area contributed by atoms with E-state index in [0.29, 0.717) is 18.3 Å². The van der Waals surface area contributed by atoms with Crippen LogP contribution < -0.4 is 15.5 Å². The average molecular weight is 260 g/mol. The van der Waals surface area contributed by atoms with Crippen LogP contribution in [-0.2, 0) is 0 Å². The molecule has 1 amide bonds. The van der Waals surface area contributed by atoms with E-state index in [1.54, 1.807) is 6.20 Å². The topological polar surface area (TPSA) is 57.3 Å². The quantitative estimate of drug-likeness (QED) is 0.837. The highest BCUT2D eigenvalue weighted by Crippen LogP contribution is 2.31. The summed E-state index contributed by atoms with van der Waals surface area (Å²) in [5.74, 6) is 0.658. The molecule has 0 radical (unpaired) electrons. The lowest BCUT2D eigenvalue weighted by atomic mass is 10.1. The van der Waals surface area contributed by atoms with Gasteiger partial charge in [-0.1, -0.05) is 0 Å². The van der Waals surface area contributed by atoms with Gasteiger partial charge in [-0.3, -0.25) is 9.78 Å². The van der Waals surface area contributed by atoms with Gasteiger partial charge in [-0.05, 0) is 31.4 Å². The molecular weight excluding hydrogens is 240 g/mol.